The van der Waals surface area contributed by atoms with Crippen LogP contribution in [0.4, 0.5) is 5.82 Å². The number of unbranched alkanes of at least 4 members (excludes halogenated alkanes) is 1. The number of aliphatic carboxylic acids is 1. The maximum absolute atomic E-state index is 10.6. The minimum absolute atomic E-state index is 0.685. The third-order valence-electron chi connectivity index (χ3n) is 3.17. The van der Waals surface area contributed by atoms with Crippen molar-refractivity contribution in [2.75, 3.05) is 18.4 Å². The molecule has 0 radical (unpaired) electrons. The van der Waals surface area contributed by atoms with E-state index >= 15 is 0 Å². The van der Waals surface area contributed by atoms with Gasteiger partial charge in [0.2, 0.25) is 0 Å². The van der Waals surface area contributed by atoms with E-state index in [1.54, 1.807) is 18.5 Å². The van der Waals surface area contributed by atoms with Gasteiger partial charge in [-0.05, 0) is 37.1 Å². The van der Waals surface area contributed by atoms with Crippen LogP contribution in [0.15, 0.2) is 42.7 Å². The molecule has 0 aliphatic heterocycles. The maximum Gasteiger partial charge on any atom is 0.328 e. The number of nitrogens with one attached hydrogen (secondary N) is 1. The molecule has 1 aromatic carbocycles. The lowest BCUT2D eigenvalue weighted by Gasteiger charge is -2.07. The fourth-order valence-electron chi connectivity index (χ4n) is 2.05. The van der Waals surface area contributed by atoms with Crippen LogP contribution in [0.25, 0.3) is 17.3 Å². The summed E-state index contributed by atoms with van der Waals surface area (Å²) in [5.74, 6) is -0.259. The Morgan fingerprint density at radius 3 is 2.96 bits per heavy atom. The predicted octanol–water partition coefficient (Wildman–Crippen LogP) is 2.39. The number of benzene rings is 1. The normalized spacial score (nSPS) is 10.8. The van der Waals surface area contributed by atoms with Crippen molar-refractivity contribution in [1.29, 1.82) is 0 Å². The Hall–Kier alpha value is -2.73. The van der Waals surface area contributed by atoms with E-state index in [0.717, 1.165) is 42.3 Å². The Balaban J connectivity index is 2.12. The van der Waals surface area contributed by atoms with E-state index in [0.29, 0.717) is 12.4 Å². The Bertz CT molecular complexity index is 686. The van der Waals surface area contributed by atoms with Gasteiger partial charge in [0.15, 0.2) is 0 Å². The van der Waals surface area contributed by atoms with Crippen LogP contribution in [0.1, 0.15) is 18.4 Å². The lowest BCUT2D eigenvalue weighted by Crippen LogP contribution is -2.07. The number of carboxylic acid groups (broad SMARTS) is 1. The molecule has 4 N–H and O–H groups in total. The van der Waals surface area contributed by atoms with Gasteiger partial charge >= 0.3 is 5.97 Å². The van der Waals surface area contributed by atoms with Gasteiger partial charge in [-0.1, -0.05) is 18.2 Å². The molecule has 6 nitrogen and oxygen atoms in total. The zero-order valence-electron chi connectivity index (χ0n) is 12.8. The van der Waals surface area contributed by atoms with Gasteiger partial charge in [-0.3, -0.25) is 4.98 Å². The molecule has 0 amide bonds. The Kier molecular flexibility index (Phi) is 6.26. The second-order valence-corrected chi connectivity index (χ2v) is 5.01. The lowest BCUT2D eigenvalue weighted by atomic mass is 10.1. The van der Waals surface area contributed by atoms with Crippen LogP contribution < -0.4 is 11.1 Å². The second kappa shape index (κ2) is 8.65. The minimum Gasteiger partial charge on any atom is -0.478 e. The summed E-state index contributed by atoms with van der Waals surface area (Å²) in [5, 5.41) is 11.9. The van der Waals surface area contributed by atoms with E-state index in [1.165, 1.54) is 0 Å². The molecule has 120 valence electrons. The number of nitrogens with zero attached hydrogens (tertiary/aromatic N) is 2. The van der Waals surface area contributed by atoms with Crippen LogP contribution in [0, 0.1) is 0 Å². The zero-order valence-corrected chi connectivity index (χ0v) is 12.8. The molecule has 0 aliphatic rings. The molecular weight excluding hydrogens is 292 g/mol. The van der Waals surface area contributed by atoms with Crippen LogP contribution in [0.2, 0.25) is 0 Å². The molecule has 0 fully saturated rings. The lowest BCUT2D eigenvalue weighted by molar-refractivity contribution is -0.131. The van der Waals surface area contributed by atoms with Crippen molar-refractivity contribution in [2.45, 2.75) is 12.8 Å². The fraction of sp³-hybridized carbons (Fsp3) is 0.235. The molecule has 1 aromatic heterocycles. The molecule has 0 unspecified atom stereocenters. The molecule has 0 atom stereocenters. The van der Waals surface area contributed by atoms with E-state index in [9.17, 15) is 4.79 Å². The van der Waals surface area contributed by atoms with Crippen LogP contribution in [-0.4, -0.2) is 34.1 Å². The van der Waals surface area contributed by atoms with Crippen molar-refractivity contribution in [3.8, 4) is 11.3 Å². The van der Waals surface area contributed by atoms with E-state index in [1.807, 2.05) is 24.3 Å². The first-order chi connectivity index (χ1) is 11.2. The molecule has 0 aliphatic carbocycles. The summed E-state index contributed by atoms with van der Waals surface area (Å²) in [6.45, 7) is 1.49. The van der Waals surface area contributed by atoms with Gasteiger partial charge in [0.1, 0.15) is 5.82 Å². The maximum atomic E-state index is 10.6. The van der Waals surface area contributed by atoms with Gasteiger partial charge in [-0.2, -0.15) is 0 Å². The summed E-state index contributed by atoms with van der Waals surface area (Å²) in [6.07, 6.45) is 7.98. The summed E-state index contributed by atoms with van der Waals surface area (Å²) < 4.78 is 0. The summed E-state index contributed by atoms with van der Waals surface area (Å²) in [4.78, 5) is 19.3. The topological polar surface area (TPSA) is 101 Å². The predicted molar refractivity (Wildman–Crippen MR) is 90.9 cm³/mol. The molecule has 2 aromatic rings. The van der Waals surface area contributed by atoms with Crippen LogP contribution in [0.3, 0.4) is 0 Å². The SMILES string of the molecule is NCCCCNc1cncc(-c2cccc(C=CC(=O)O)c2)n1. The molecule has 1 heterocycles. The van der Waals surface area contributed by atoms with Gasteiger partial charge in [-0.25, -0.2) is 9.78 Å². The number of hydrogen-bond donors (Lipinski definition) is 3. The van der Waals surface area contributed by atoms with Crippen molar-refractivity contribution < 1.29 is 9.90 Å². The number of carboxylic acids is 1. The van der Waals surface area contributed by atoms with Gasteiger partial charge in [0, 0.05) is 18.2 Å². The summed E-state index contributed by atoms with van der Waals surface area (Å²) in [5.41, 5.74) is 7.89. The quantitative estimate of drug-likeness (QED) is 0.511. The largest absolute Gasteiger partial charge is 0.478 e. The van der Waals surface area contributed by atoms with Gasteiger partial charge in [0.25, 0.3) is 0 Å². The average Bonchev–Trinajstić information content (AvgIpc) is 2.57. The molecular formula is C17H20N4O2. The highest BCUT2D eigenvalue weighted by molar-refractivity contribution is 5.85. The standard InChI is InChI=1S/C17H20N4O2/c18-8-1-2-9-20-16-12-19-11-15(21-16)14-5-3-4-13(10-14)6-7-17(22)23/h3-7,10-12H,1-2,8-9,18H2,(H,20,21)(H,22,23). The Labute approximate surface area is 135 Å². The first kappa shape index (κ1) is 16.6. The Morgan fingerprint density at radius 1 is 1.30 bits per heavy atom. The number of nitrogens with two attached hydrogens (primary N) is 1. The number of anilines is 1. The first-order valence-corrected chi connectivity index (χ1v) is 7.46. The van der Waals surface area contributed by atoms with Crippen molar-refractivity contribution in [2.24, 2.45) is 5.73 Å². The van der Waals surface area contributed by atoms with Crippen LogP contribution >= 0.6 is 0 Å². The number of hydrogen-bond acceptors (Lipinski definition) is 5. The van der Waals surface area contributed by atoms with Crippen LogP contribution in [0.5, 0.6) is 0 Å². The molecule has 0 saturated heterocycles. The highest BCUT2D eigenvalue weighted by Crippen LogP contribution is 2.19. The van der Waals surface area contributed by atoms with Crippen molar-refractivity contribution in [3.63, 3.8) is 0 Å². The van der Waals surface area contributed by atoms with E-state index in [4.69, 9.17) is 10.8 Å². The highest BCUT2D eigenvalue weighted by Gasteiger charge is 2.03. The van der Waals surface area contributed by atoms with Gasteiger partial charge in [-0.15, -0.1) is 0 Å². The van der Waals surface area contributed by atoms with Gasteiger partial charge < -0.3 is 16.2 Å². The molecule has 6 heteroatoms. The van der Waals surface area contributed by atoms with Crippen molar-refractivity contribution in [3.05, 3.63) is 48.3 Å². The smallest absolute Gasteiger partial charge is 0.328 e. The van der Waals surface area contributed by atoms with E-state index < -0.39 is 5.97 Å². The van der Waals surface area contributed by atoms with Gasteiger partial charge in [0.05, 0.1) is 18.1 Å². The van der Waals surface area contributed by atoms with E-state index in [2.05, 4.69) is 15.3 Å². The number of rotatable bonds is 8. The first-order valence-electron chi connectivity index (χ1n) is 7.46. The zero-order chi connectivity index (χ0) is 16.5. The number of aromatic nitrogens is 2. The summed E-state index contributed by atoms with van der Waals surface area (Å²) in [7, 11) is 0. The second-order valence-electron chi connectivity index (χ2n) is 5.01. The third-order valence-corrected chi connectivity index (χ3v) is 3.17. The van der Waals surface area contributed by atoms with Crippen molar-refractivity contribution >= 4 is 17.9 Å². The summed E-state index contributed by atoms with van der Waals surface area (Å²) >= 11 is 0. The minimum atomic E-state index is -0.973. The highest BCUT2D eigenvalue weighted by atomic mass is 16.4. The monoisotopic (exact) mass is 312 g/mol. The number of carbonyl (C=O) groups is 1. The molecule has 2 rings (SSSR count). The van der Waals surface area contributed by atoms with E-state index in [-0.39, 0.29) is 0 Å². The third kappa shape index (κ3) is 5.52. The van der Waals surface area contributed by atoms with Crippen molar-refractivity contribution in [1.82, 2.24) is 9.97 Å². The summed E-state index contributed by atoms with van der Waals surface area (Å²) in [6, 6.07) is 7.49. The molecule has 23 heavy (non-hydrogen) atoms. The molecule has 0 spiro atoms. The Morgan fingerprint density at radius 2 is 2.17 bits per heavy atom. The van der Waals surface area contributed by atoms with Crippen LogP contribution in [-0.2, 0) is 4.79 Å². The molecule has 0 bridgehead atoms. The fourth-order valence-corrected chi connectivity index (χ4v) is 2.05. The molecule has 0 saturated carbocycles. The average molecular weight is 312 g/mol.